The number of nitrogens with zero attached hydrogens (tertiary/aromatic N) is 3. The van der Waals surface area contributed by atoms with Crippen LogP contribution in [0.15, 0.2) is 94.8 Å². The van der Waals surface area contributed by atoms with Crippen molar-refractivity contribution in [2.75, 3.05) is 13.7 Å². The number of carbonyl (C=O) groups is 2. The molecule has 5 aliphatic heterocycles. The summed E-state index contributed by atoms with van der Waals surface area (Å²) in [6.07, 6.45) is 1.90. The molecule has 0 spiro atoms. The molecular formula is C32H29N3O7S. The van der Waals surface area contributed by atoms with Crippen molar-refractivity contribution in [1.29, 1.82) is 0 Å². The predicted octanol–water partition coefficient (Wildman–Crippen LogP) is 4.16. The number of aryl methyl sites for hydroxylation is 1. The van der Waals surface area contributed by atoms with Crippen molar-refractivity contribution in [3.05, 3.63) is 102 Å². The van der Waals surface area contributed by atoms with Gasteiger partial charge in [0.2, 0.25) is 6.29 Å². The summed E-state index contributed by atoms with van der Waals surface area (Å²) in [6, 6.07) is 21.0. The number of rotatable bonds is 4. The van der Waals surface area contributed by atoms with E-state index in [0.717, 1.165) is 21.1 Å². The Bertz CT molecular complexity index is 1770. The zero-order valence-corrected chi connectivity index (χ0v) is 24.3. The molecule has 3 aromatic carbocycles. The van der Waals surface area contributed by atoms with Gasteiger partial charge in [0.05, 0.1) is 42.3 Å². The lowest BCUT2D eigenvalue weighted by Gasteiger charge is -2.46. The lowest BCUT2D eigenvalue weighted by atomic mass is 9.65. The highest BCUT2D eigenvalue weighted by Gasteiger charge is 2.77. The molecule has 0 unspecified atom stereocenters. The van der Waals surface area contributed by atoms with Gasteiger partial charge in [-0.3, -0.25) is 14.6 Å². The van der Waals surface area contributed by atoms with Crippen molar-refractivity contribution >= 4 is 39.6 Å². The van der Waals surface area contributed by atoms with Gasteiger partial charge in [0.15, 0.2) is 5.41 Å². The Labute approximate surface area is 249 Å². The highest BCUT2D eigenvalue weighted by Crippen LogP contribution is 2.62. The minimum Gasteiger partial charge on any atom is -0.468 e. The van der Waals surface area contributed by atoms with Gasteiger partial charge < -0.3 is 14.2 Å². The first-order chi connectivity index (χ1) is 20.8. The second-order valence-electron chi connectivity index (χ2n) is 11.1. The molecule has 11 heteroatoms. The molecule has 5 heterocycles. The number of sulfonamides is 1. The minimum atomic E-state index is -4.35. The maximum atomic E-state index is 14.6. The average Bonchev–Trinajstić information content (AvgIpc) is 3.40. The third kappa shape index (κ3) is 3.99. The summed E-state index contributed by atoms with van der Waals surface area (Å²) in [4.78, 5) is 32.6. The van der Waals surface area contributed by atoms with Crippen LogP contribution >= 0.6 is 0 Å². The Kier molecular flexibility index (Phi) is 6.49. The molecule has 43 heavy (non-hydrogen) atoms. The Morgan fingerprint density at radius 1 is 1.02 bits per heavy atom. The average molecular weight is 600 g/mol. The van der Waals surface area contributed by atoms with Crippen LogP contribution in [0.25, 0.3) is 5.57 Å². The molecule has 2 fully saturated rings. The van der Waals surface area contributed by atoms with E-state index in [2.05, 4.69) is 4.99 Å². The molecule has 5 atom stereocenters. The van der Waals surface area contributed by atoms with Gasteiger partial charge in [-0.2, -0.15) is 0 Å². The Hall–Kier alpha value is -4.32. The summed E-state index contributed by atoms with van der Waals surface area (Å²) >= 11 is 0. The van der Waals surface area contributed by atoms with Gasteiger partial charge in [0, 0.05) is 5.56 Å². The summed E-state index contributed by atoms with van der Waals surface area (Å²) in [6.45, 7) is 1.88. The van der Waals surface area contributed by atoms with Crippen LogP contribution in [0.5, 0.6) is 0 Å². The standard InChI is InChI=1S/C32H29N3O7S/c1-20-12-15-23(16-13-20)43(38,39)35-28-25-17-14-22(21-8-4-3-5-9-21)18-41-31(42-29(25)36)32(28,30(37)40-2)27-24-10-6-7-11-26(24)33-19-34(27)35/h3-16,19,25,27-28,31H,17-18H2,1-2H3/b22-14+/t25-,27+,28-,31-,32-/m0/s1. The SMILES string of the molecule is COC(=O)[C@@]12[C@H]3OC/C(c4ccccc4)=C\C[C@H](C(=O)O3)[C@@H]1N(S(=O)(=O)c1ccc(C)cc1)N1C=Nc3ccccc3[C@@H]12. The van der Waals surface area contributed by atoms with Crippen molar-refractivity contribution < 1.29 is 32.2 Å². The number of aliphatic imine (C=N–C) groups is 1. The van der Waals surface area contributed by atoms with E-state index in [-0.39, 0.29) is 17.9 Å². The molecule has 0 aromatic heterocycles. The van der Waals surface area contributed by atoms with Gasteiger partial charge >= 0.3 is 11.9 Å². The largest absolute Gasteiger partial charge is 0.468 e. The Balaban J connectivity index is 1.50. The smallest absolute Gasteiger partial charge is 0.322 e. The van der Waals surface area contributed by atoms with Gasteiger partial charge in [0.25, 0.3) is 10.0 Å². The van der Waals surface area contributed by atoms with Crippen LogP contribution in [0, 0.1) is 18.3 Å². The van der Waals surface area contributed by atoms with E-state index in [1.807, 2.05) is 49.4 Å². The van der Waals surface area contributed by atoms with Gasteiger partial charge in [-0.05, 0) is 42.7 Å². The molecular weight excluding hydrogens is 570 g/mol. The zero-order valence-electron chi connectivity index (χ0n) is 23.5. The molecule has 3 aromatic rings. The fourth-order valence-electron chi connectivity index (χ4n) is 6.81. The number of fused-ring (bicyclic) bond motifs is 7. The summed E-state index contributed by atoms with van der Waals surface area (Å²) in [7, 11) is -3.11. The molecule has 0 saturated carbocycles. The summed E-state index contributed by atoms with van der Waals surface area (Å²) < 4.78 is 48.2. The molecule has 220 valence electrons. The van der Waals surface area contributed by atoms with E-state index in [1.165, 1.54) is 30.6 Å². The topological polar surface area (TPSA) is 115 Å². The Morgan fingerprint density at radius 3 is 2.49 bits per heavy atom. The second-order valence-corrected chi connectivity index (χ2v) is 12.9. The van der Waals surface area contributed by atoms with E-state index < -0.39 is 51.7 Å². The number of benzene rings is 3. The van der Waals surface area contributed by atoms with Crippen LogP contribution < -0.4 is 0 Å². The van der Waals surface area contributed by atoms with Crippen LogP contribution in [-0.4, -0.2) is 62.2 Å². The number of esters is 2. The van der Waals surface area contributed by atoms with Crippen LogP contribution in [0.2, 0.25) is 0 Å². The van der Waals surface area contributed by atoms with Crippen LogP contribution in [0.1, 0.15) is 29.2 Å². The molecule has 5 aliphatic rings. The molecule has 0 amide bonds. The minimum absolute atomic E-state index is 0.00956. The lowest BCUT2D eigenvalue weighted by Crippen LogP contribution is -2.64. The first-order valence-electron chi connectivity index (χ1n) is 14.0. The first kappa shape index (κ1) is 27.5. The molecule has 0 N–H and O–H groups in total. The third-order valence-corrected chi connectivity index (χ3v) is 10.5. The molecule has 8 rings (SSSR count). The molecule has 0 radical (unpaired) electrons. The highest BCUT2D eigenvalue weighted by molar-refractivity contribution is 7.89. The molecule has 0 aliphatic carbocycles. The third-order valence-electron chi connectivity index (χ3n) is 8.77. The van der Waals surface area contributed by atoms with Crippen LogP contribution in [0.3, 0.4) is 0 Å². The van der Waals surface area contributed by atoms with Gasteiger partial charge in [-0.15, -0.1) is 4.41 Å². The Morgan fingerprint density at radius 2 is 1.74 bits per heavy atom. The quantitative estimate of drug-likeness (QED) is 0.411. The summed E-state index contributed by atoms with van der Waals surface area (Å²) in [5, 5.41) is 1.44. The fourth-order valence-corrected chi connectivity index (χ4v) is 8.51. The number of methoxy groups -OCH3 is 1. The fraction of sp³-hybridized carbons (Fsp3) is 0.281. The van der Waals surface area contributed by atoms with Crippen molar-refractivity contribution in [3.8, 4) is 0 Å². The van der Waals surface area contributed by atoms with E-state index in [9.17, 15) is 18.0 Å². The van der Waals surface area contributed by atoms with Gasteiger partial charge in [-0.25, -0.2) is 13.4 Å². The number of hydrogen-bond acceptors (Lipinski definition) is 9. The number of hydrogen-bond donors (Lipinski definition) is 0. The summed E-state index contributed by atoms with van der Waals surface area (Å²) in [5.74, 6) is -2.47. The van der Waals surface area contributed by atoms with Gasteiger partial charge in [0.1, 0.15) is 6.34 Å². The predicted molar refractivity (Wildman–Crippen MR) is 156 cm³/mol. The summed E-state index contributed by atoms with van der Waals surface area (Å²) in [5.41, 5.74) is 1.91. The van der Waals surface area contributed by atoms with E-state index in [4.69, 9.17) is 14.2 Å². The van der Waals surface area contributed by atoms with Crippen LogP contribution in [0.4, 0.5) is 5.69 Å². The van der Waals surface area contributed by atoms with E-state index in [0.29, 0.717) is 11.3 Å². The first-order valence-corrected chi connectivity index (χ1v) is 15.4. The van der Waals surface area contributed by atoms with Crippen molar-refractivity contribution in [2.45, 2.75) is 36.6 Å². The van der Waals surface area contributed by atoms with Gasteiger partial charge in [-0.1, -0.05) is 72.3 Å². The highest BCUT2D eigenvalue weighted by atomic mass is 32.2. The monoisotopic (exact) mass is 599 g/mol. The molecule has 2 bridgehead atoms. The number of carbonyl (C=O) groups excluding carboxylic acids is 2. The van der Waals surface area contributed by atoms with Crippen molar-refractivity contribution in [1.82, 2.24) is 9.42 Å². The maximum Gasteiger partial charge on any atom is 0.322 e. The van der Waals surface area contributed by atoms with E-state index in [1.54, 1.807) is 30.3 Å². The second kappa shape index (κ2) is 10.1. The van der Waals surface area contributed by atoms with Crippen molar-refractivity contribution in [3.63, 3.8) is 0 Å². The van der Waals surface area contributed by atoms with Crippen molar-refractivity contribution in [2.24, 2.45) is 16.3 Å². The van der Waals surface area contributed by atoms with Crippen LogP contribution in [-0.2, 0) is 33.8 Å². The zero-order chi connectivity index (χ0) is 29.9. The normalized spacial score (nSPS) is 29.2. The number of allylic oxidation sites excluding steroid dienone is 1. The lowest BCUT2D eigenvalue weighted by molar-refractivity contribution is -0.243. The number of hydrazine groups is 1. The number of para-hydroxylation sites is 1. The maximum absolute atomic E-state index is 14.6. The molecule has 2 saturated heterocycles. The number of ether oxygens (including phenoxy) is 3. The molecule has 10 nitrogen and oxygen atoms in total. The van der Waals surface area contributed by atoms with E-state index >= 15 is 0 Å².